The van der Waals surface area contributed by atoms with Gasteiger partial charge in [-0.3, -0.25) is 9.59 Å². The van der Waals surface area contributed by atoms with E-state index in [9.17, 15) is 9.59 Å². The molecular weight excluding hydrogens is 248 g/mol. The molecule has 1 aliphatic heterocycles. The average Bonchev–Trinajstić information content (AvgIpc) is 2.33. The first-order chi connectivity index (χ1) is 9.10. The smallest absolute Gasteiger partial charge is 0.303 e. The zero-order valence-corrected chi connectivity index (χ0v) is 11.1. The van der Waals surface area contributed by atoms with Gasteiger partial charge in [0.1, 0.15) is 0 Å². The molecule has 0 aromatic heterocycles. The molecule has 0 aromatic rings. The van der Waals surface area contributed by atoms with Crippen molar-refractivity contribution in [3.63, 3.8) is 0 Å². The SMILES string of the molecule is O=C(O)CC1(CNC(=O)CC2COCCN2)CCC1. The third-order valence-electron chi connectivity index (χ3n) is 4.03. The second-order valence-electron chi connectivity index (χ2n) is 5.63. The average molecular weight is 270 g/mol. The van der Waals surface area contributed by atoms with Gasteiger partial charge in [0, 0.05) is 25.6 Å². The Balaban J connectivity index is 1.71. The van der Waals surface area contributed by atoms with E-state index in [0.29, 0.717) is 26.2 Å². The van der Waals surface area contributed by atoms with Gasteiger partial charge in [-0.15, -0.1) is 0 Å². The number of hydrogen-bond acceptors (Lipinski definition) is 4. The Morgan fingerprint density at radius 1 is 1.42 bits per heavy atom. The zero-order valence-electron chi connectivity index (χ0n) is 11.1. The van der Waals surface area contributed by atoms with Crippen LogP contribution in [0.3, 0.4) is 0 Å². The number of amides is 1. The third-order valence-corrected chi connectivity index (χ3v) is 4.03. The molecule has 1 aliphatic carbocycles. The van der Waals surface area contributed by atoms with Gasteiger partial charge in [-0.2, -0.15) is 0 Å². The second-order valence-corrected chi connectivity index (χ2v) is 5.63. The van der Waals surface area contributed by atoms with Crippen LogP contribution in [0.1, 0.15) is 32.1 Å². The molecule has 1 saturated heterocycles. The first kappa shape index (κ1) is 14.3. The van der Waals surface area contributed by atoms with E-state index in [1.165, 1.54) is 0 Å². The van der Waals surface area contributed by atoms with Gasteiger partial charge in [0.15, 0.2) is 0 Å². The van der Waals surface area contributed by atoms with Gasteiger partial charge in [0.25, 0.3) is 0 Å². The fourth-order valence-corrected chi connectivity index (χ4v) is 2.75. The lowest BCUT2D eigenvalue weighted by molar-refractivity contribution is -0.142. The molecule has 108 valence electrons. The van der Waals surface area contributed by atoms with Gasteiger partial charge >= 0.3 is 5.97 Å². The van der Waals surface area contributed by atoms with Gasteiger partial charge in [-0.1, -0.05) is 6.42 Å². The van der Waals surface area contributed by atoms with Gasteiger partial charge in [0.05, 0.1) is 19.6 Å². The highest BCUT2D eigenvalue weighted by molar-refractivity contribution is 5.76. The summed E-state index contributed by atoms with van der Waals surface area (Å²) in [4.78, 5) is 22.7. The van der Waals surface area contributed by atoms with Crippen LogP contribution in [0.25, 0.3) is 0 Å². The lowest BCUT2D eigenvalue weighted by Gasteiger charge is -2.41. The number of carbonyl (C=O) groups excluding carboxylic acids is 1. The lowest BCUT2D eigenvalue weighted by atomic mass is 9.66. The normalized spacial score (nSPS) is 25.4. The van der Waals surface area contributed by atoms with Crippen LogP contribution in [0.5, 0.6) is 0 Å². The van der Waals surface area contributed by atoms with Gasteiger partial charge in [0.2, 0.25) is 5.91 Å². The third kappa shape index (κ3) is 4.18. The minimum atomic E-state index is -0.781. The first-order valence-corrected chi connectivity index (χ1v) is 6.89. The van der Waals surface area contributed by atoms with Crippen LogP contribution in [0.2, 0.25) is 0 Å². The monoisotopic (exact) mass is 270 g/mol. The summed E-state index contributed by atoms with van der Waals surface area (Å²) in [5.74, 6) is -0.809. The molecule has 1 saturated carbocycles. The summed E-state index contributed by atoms with van der Waals surface area (Å²) in [6, 6.07) is 0.0746. The van der Waals surface area contributed by atoms with Gasteiger partial charge in [-0.25, -0.2) is 0 Å². The Kier molecular flexibility index (Phi) is 4.76. The Morgan fingerprint density at radius 2 is 2.21 bits per heavy atom. The molecule has 6 heteroatoms. The van der Waals surface area contributed by atoms with Crippen LogP contribution in [-0.2, 0) is 14.3 Å². The standard InChI is InChI=1S/C13H22N2O4/c16-11(6-10-8-19-5-4-14-10)15-9-13(2-1-3-13)7-12(17)18/h10,14H,1-9H2,(H,15,16)(H,17,18). The Labute approximate surface area is 112 Å². The predicted octanol–water partition coefficient (Wildman–Crippen LogP) is 0.126. The molecule has 0 bridgehead atoms. The van der Waals surface area contributed by atoms with Crippen molar-refractivity contribution < 1.29 is 19.4 Å². The van der Waals surface area contributed by atoms with Crippen LogP contribution in [0.4, 0.5) is 0 Å². The van der Waals surface area contributed by atoms with Crippen LogP contribution in [0, 0.1) is 5.41 Å². The van der Waals surface area contributed by atoms with Crippen LogP contribution in [0.15, 0.2) is 0 Å². The molecule has 0 spiro atoms. The minimum Gasteiger partial charge on any atom is -0.481 e. The molecule has 1 atom stereocenters. The molecular formula is C13H22N2O4. The zero-order chi connectivity index (χ0) is 13.7. The fraction of sp³-hybridized carbons (Fsp3) is 0.846. The van der Waals surface area contributed by atoms with Crippen molar-refractivity contribution in [2.45, 2.75) is 38.1 Å². The number of carboxylic acid groups (broad SMARTS) is 1. The summed E-state index contributed by atoms with van der Waals surface area (Å²) in [5.41, 5.74) is -0.210. The van der Waals surface area contributed by atoms with Crippen molar-refractivity contribution in [3.8, 4) is 0 Å². The summed E-state index contributed by atoms with van der Waals surface area (Å²) in [6.45, 7) is 2.51. The highest BCUT2D eigenvalue weighted by Gasteiger charge is 2.39. The summed E-state index contributed by atoms with van der Waals surface area (Å²) in [7, 11) is 0. The van der Waals surface area contributed by atoms with Crippen LogP contribution >= 0.6 is 0 Å². The van der Waals surface area contributed by atoms with E-state index in [0.717, 1.165) is 25.8 Å². The summed E-state index contributed by atoms with van der Waals surface area (Å²) in [5, 5.41) is 15.0. The molecule has 1 heterocycles. The summed E-state index contributed by atoms with van der Waals surface area (Å²) >= 11 is 0. The minimum absolute atomic E-state index is 0.0281. The molecule has 3 N–H and O–H groups in total. The maximum absolute atomic E-state index is 11.8. The van der Waals surface area contributed by atoms with Gasteiger partial charge in [-0.05, 0) is 18.3 Å². The molecule has 0 aromatic carbocycles. The van der Waals surface area contributed by atoms with Crippen molar-refractivity contribution in [1.82, 2.24) is 10.6 Å². The molecule has 2 aliphatic rings. The van der Waals surface area contributed by atoms with E-state index in [1.807, 2.05) is 0 Å². The van der Waals surface area contributed by atoms with E-state index >= 15 is 0 Å². The molecule has 2 rings (SSSR count). The molecule has 1 amide bonds. The van der Waals surface area contributed by atoms with Crippen molar-refractivity contribution in [2.24, 2.45) is 5.41 Å². The fourth-order valence-electron chi connectivity index (χ4n) is 2.75. The lowest BCUT2D eigenvalue weighted by Crippen LogP contribution is -2.47. The highest BCUT2D eigenvalue weighted by atomic mass is 16.5. The van der Waals surface area contributed by atoms with E-state index in [4.69, 9.17) is 9.84 Å². The molecule has 19 heavy (non-hydrogen) atoms. The van der Waals surface area contributed by atoms with Crippen molar-refractivity contribution in [2.75, 3.05) is 26.3 Å². The number of ether oxygens (including phenoxy) is 1. The van der Waals surface area contributed by atoms with Crippen molar-refractivity contribution in [1.29, 1.82) is 0 Å². The maximum Gasteiger partial charge on any atom is 0.303 e. The number of aliphatic carboxylic acids is 1. The largest absolute Gasteiger partial charge is 0.481 e. The van der Waals surface area contributed by atoms with E-state index in [1.54, 1.807) is 0 Å². The number of carbonyl (C=O) groups is 2. The van der Waals surface area contributed by atoms with Crippen LogP contribution in [-0.4, -0.2) is 49.3 Å². The predicted molar refractivity (Wildman–Crippen MR) is 68.8 cm³/mol. The summed E-state index contributed by atoms with van der Waals surface area (Å²) in [6.07, 6.45) is 3.39. The quantitative estimate of drug-likeness (QED) is 0.638. The van der Waals surface area contributed by atoms with E-state index in [-0.39, 0.29) is 23.8 Å². The van der Waals surface area contributed by atoms with Gasteiger partial charge < -0.3 is 20.5 Å². The Hall–Kier alpha value is -1.14. The maximum atomic E-state index is 11.8. The topological polar surface area (TPSA) is 87.7 Å². The number of carboxylic acids is 1. The van der Waals surface area contributed by atoms with E-state index in [2.05, 4.69) is 10.6 Å². The van der Waals surface area contributed by atoms with Crippen LogP contribution < -0.4 is 10.6 Å². The molecule has 0 radical (unpaired) electrons. The number of hydrogen-bond donors (Lipinski definition) is 3. The highest BCUT2D eigenvalue weighted by Crippen LogP contribution is 2.43. The first-order valence-electron chi connectivity index (χ1n) is 6.89. The Morgan fingerprint density at radius 3 is 2.74 bits per heavy atom. The number of rotatable bonds is 6. The van der Waals surface area contributed by atoms with Crippen molar-refractivity contribution in [3.05, 3.63) is 0 Å². The number of morpholine rings is 1. The summed E-state index contributed by atoms with van der Waals surface area (Å²) < 4.78 is 5.29. The number of nitrogens with one attached hydrogen (secondary N) is 2. The second kappa shape index (κ2) is 6.34. The molecule has 1 unspecified atom stereocenters. The Bertz CT molecular complexity index is 336. The molecule has 2 fully saturated rings. The van der Waals surface area contributed by atoms with E-state index < -0.39 is 5.97 Å². The molecule has 6 nitrogen and oxygen atoms in total. The van der Waals surface area contributed by atoms with Crippen molar-refractivity contribution >= 4 is 11.9 Å².